The van der Waals surface area contributed by atoms with Crippen LogP contribution >= 0.6 is 0 Å². The van der Waals surface area contributed by atoms with E-state index < -0.39 is 23.7 Å². The molecular weight excluding hydrogens is 373 g/mol. The molecule has 0 saturated carbocycles. The highest BCUT2D eigenvalue weighted by Crippen LogP contribution is 2.44. The van der Waals surface area contributed by atoms with E-state index in [0.29, 0.717) is 12.1 Å². The molecule has 0 radical (unpaired) electrons. The van der Waals surface area contributed by atoms with Crippen LogP contribution in [0.25, 0.3) is 0 Å². The fourth-order valence-electron chi connectivity index (χ4n) is 3.85. The summed E-state index contributed by atoms with van der Waals surface area (Å²) < 4.78 is 45.2. The minimum atomic E-state index is -4.59. The standard InChI is InChI=1S/C20H17F3N2O3/c1-12(26)25-15-7-3-2-5-13(15)11-17(25)19(27)24-9-10-28-18-14(20(21,22)23)6-4-8-16(18)24/h2-8,17H,9-11H2,1H3/t17-/m0/s1. The van der Waals surface area contributed by atoms with Crippen molar-refractivity contribution in [2.75, 3.05) is 23.0 Å². The van der Waals surface area contributed by atoms with Crippen molar-refractivity contribution in [3.8, 4) is 5.75 Å². The molecule has 0 N–H and O–H groups in total. The molecule has 2 aliphatic heterocycles. The minimum absolute atomic E-state index is 0.0500. The number of alkyl halides is 3. The van der Waals surface area contributed by atoms with Gasteiger partial charge in [0.2, 0.25) is 5.91 Å². The second-order valence-corrected chi connectivity index (χ2v) is 6.73. The quantitative estimate of drug-likeness (QED) is 0.750. The van der Waals surface area contributed by atoms with Crippen molar-refractivity contribution in [3.05, 3.63) is 53.6 Å². The lowest BCUT2D eigenvalue weighted by Crippen LogP contribution is -2.51. The van der Waals surface area contributed by atoms with Gasteiger partial charge in [-0.2, -0.15) is 13.2 Å². The van der Waals surface area contributed by atoms with E-state index >= 15 is 0 Å². The van der Waals surface area contributed by atoms with Gasteiger partial charge in [-0.05, 0) is 23.8 Å². The average Bonchev–Trinajstić information content (AvgIpc) is 3.05. The molecule has 0 unspecified atom stereocenters. The molecule has 0 saturated heterocycles. The first-order valence-corrected chi connectivity index (χ1v) is 8.81. The zero-order valence-electron chi connectivity index (χ0n) is 15.0. The number of hydrogen-bond donors (Lipinski definition) is 0. The second kappa shape index (κ2) is 6.54. The maximum Gasteiger partial charge on any atom is 0.420 e. The van der Waals surface area contributed by atoms with Crippen LogP contribution in [0.5, 0.6) is 5.75 Å². The number of amides is 2. The molecule has 2 aromatic carbocycles. The van der Waals surface area contributed by atoms with Crippen molar-refractivity contribution in [2.45, 2.75) is 25.6 Å². The summed E-state index contributed by atoms with van der Waals surface area (Å²) in [6.45, 7) is 1.44. The van der Waals surface area contributed by atoms with Gasteiger partial charge in [-0.1, -0.05) is 24.3 Å². The van der Waals surface area contributed by atoms with Crippen LogP contribution in [0.2, 0.25) is 0 Å². The molecule has 2 amide bonds. The third-order valence-corrected chi connectivity index (χ3v) is 5.02. The van der Waals surface area contributed by atoms with Crippen LogP contribution < -0.4 is 14.5 Å². The Bertz CT molecular complexity index is 958. The third-order valence-electron chi connectivity index (χ3n) is 5.02. The molecule has 0 aromatic heterocycles. The summed E-state index contributed by atoms with van der Waals surface area (Å²) in [4.78, 5) is 28.2. The minimum Gasteiger partial charge on any atom is -0.489 e. The first-order chi connectivity index (χ1) is 13.3. The molecule has 0 bridgehead atoms. The van der Waals surface area contributed by atoms with Crippen LogP contribution in [0.3, 0.4) is 0 Å². The lowest BCUT2D eigenvalue weighted by Gasteiger charge is -2.34. The smallest absolute Gasteiger partial charge is 0.420 e. The van der Waals surface area contributed by atoms with Gasteiger partial charge >= 0.3 is 6.18 Å². The Hall–Kier alpha value is -3.03. The van der Waals surface area contributed by atoms with Gasteiger partial charge in [-0.25, -0.2) is 0 Å². The highest BCUT2D eigenvalue weighted by Gasteiger charge is 2.42. The number of ether oxygens (including phenoxy) is 1. The number of carbonyl (C=O) groups is 2. The molecule has 1 atom stereocenters. The number of rotatable bonds is 1. The van der Waals surface area contributed by atoms with E-state index in [1.807, 2.05) is 12.1 Å². The SMILES string of the molecule is CC(=O)N1c2ccccc2C[C@H]1C(=O)N1CCOc2c1cccc2C(F)(F)F. The predicted octanol–water partition coefficient (Wildman–Crippen LogP) is 3.41. The molecule has 146 valence electrons. The number of fused-ring (bicyclic) bond motifs is 2. The third kappa shape index (κ3) is 2.89. The molecule has 2 aromatic rings. The van der Waals surface area contributed by atoms with E-state index in [1.54, 1.807) is 12.1 Å². The largest absolute Gasteiger partial charge is 0.489 e. The van der Waals surface area contributed by atoms with Gasteiger partial charge in [0.05, 0.1) is 17.8 Å². The molecule has 4 rings (SSSR count). The van der Waals surface area contributed by atoms with Gasteiger partial charge in [-0.15, -0.1) is 0 Å². The molecule has 5 nitrogen and oxygen atoms in total. The van der Waals surface area contributed by atoms with Crippen molar-refractivity contribution in [1.82, 2.24) is 0 Å². The summed E-state index contributed by atoms with van der Waals surface area (Å²) in [5.74, 6) is -1.06. The monoisotopic (exact) mass is 390 g/mol. The Morgan fingerprint density at radius 1 is 1.07 bits per heavy atom. The fraction of sp³-hybridized carbons (Fsp3) is 0.300. The Labute approximate surface area is 159 Å². The highest BCUT2D eigenvalue weighted by molar-refractivity contribution is 6.08. The highest BCUT2D eigenvalue weighted by atomic mass is 19.4. The number of para-hydroxylation sites is 2. The maximum atomic E-state index is 13.3. The van der Waals surface area contributed by atoms with Gasteiger partial charge in [0.25, 0.3) is 5.91 Å². The van der Waals surface area contributed by atoms with Crippen LogP contribution in [0.15, 0.2) is 42.5 Å². The number of anilines is 2. The molecule has 0 spiro atoms. The zero-order valence-corrected chi connectivity index (χ0v) is 15.0. The van der Waals surface area contributed by atoms with E-state index in [0.717, 1.165) is 11.6 Å². The summed E-state index contributed by atoms with van der Waals surface area (Å²) >= 11 is 0. The van der Waals surface area contributed by atoms with Gasteiger partial charge in [0.15, 0.2) is 5.75 Å². The number of halogens is 3. The van der Waals surface area contributed by atoms with Crippen LogP contribution in [-0.2, 0) is 22.2 Å². The lowest BCUT2D eigenvalue weighted by atomic mass is 10.1. The van der Waals surface area contributed by atoms with E-state index in [-0.39, 0.29) is 30.5 Å². The van der Waals surface area contributed by atoms with Gasteiger partial charge < -0.3 is 9.64 Å². The zero-order chi connectivity index (χ0) is 20.1. The summed E-state index contributed by atoms with van der Waals surface area (Å²) in [5, 5.41) is 0. The Kier molecular flexibility index (Phi) is 4.28. The number of benzene rings is 2. The van der Waals surface area contributed by atoms with Crippen molar-refractivity contribution in [3.63, 3.8) is 0 Å². The van der Waals surface area contributed by atoms with Crippen LogP contribution in [0.1, 0.15) is 18.1 Å². The molecule has 8 heteroatoms. The summed E-state index contributed by atoms with van der Waals surface area (Å²) in [6.07, 6.45) is -4.27. The molecular formula is C20H17F3N2O3. The van der Waals surface area contributed by atoms with Gasteiger partial charge in [0.1, 0.15) is 12.6 Å². The van der Waals surface area contributed by atoms with Crippen molar-refractivity contribution < 1.29 is 27.5 Å². The number of nitrogens with zero attached hydrogens (tertiary/aromatic N) is 2. The molecule has 2 heterocycles. The molecule has 2 aliphatic rings. The van der Waals surface area contributed by atoms with Crippen LogP contribution in [-0.4, -0.2) is 31.0 Å². The van der Waals surface area contributed by atoms with Gasteiger partial charge in [0, 0.05) is 19.0 Å². The average molecular weight is 390 g/mol. The molecule has 0 aliphatic carbocycles. The first-order valence-electron chi connectivity index (χ1n) is 8.81. The van der Waals surface area contributed by atoms with Crippen molar-refractivity contribution >= 4 is 23.2 Å². The first kappa shape index (κ1) is 18.3. The summed E-state index contributed by atoms with van der Waals surface area (Å²) in [5.41, 5.74) is 0.672. The molecule has 28 heavy (non-hydrogen) atoms. The maximum absolute atomic E-state index is 13.3. The van der Waals surface area contributed by atoms with Crippen LogP contribution in [0, 0.1) is 0 Å². The van der Waals surface area contributed by atoms with E-state index in [4.69, 9.17) is 4.74 Å². The van der Waals surface area contributed by atoms with Crippen molar-refractivity contribution in [1.29, 1.82) is 0 Å². The Balaban J connectivity index is 1.72. The fourth-order valence-corrected chi connectivity index (χ4v) is 3.85. The van der Waals surface area contributed by atoms with Gasteiger partial charge in [-0.3, -0.25) is 14.5 Å². The number of hydrogen-bond acceptors (Lipinski definition) is 3. The number of carbonyl (C=O) groups excluding carboxylic acids is 2. The second-order valence-electron chi connectivity index (χ2n) is 6.73. The Morgan fingerprint density at radius 2 is 1.79 bits per heavy atom. The van der Waals surface area contributed by atoms with E-state index in [2.05, 4.69) is 0 Å². The van der Waals surface area contributed by atoms with Crippen molar-refractivity contribution in [2.24, 2.45) is 0 Å². The van der Waals surface area contributed by atoms with E-state index in [9.17, 15) is 22.8 Å². The molecule has 0 fully saturated rings. The normalized spacial score (nSPS) is 18.4. The van der Waals surface area contributed by atoms with Crippen LogP contribution in [0.4, 0.5) is 24.5 Å². The summed E-state index contributed by atoms with van der Waals surface area (Å²) in [7, 11) is 0. The lowest BCUT2D eigenvalue weighted by molar-refractivity contribution is -0.139. The summed E-state index contributed by atoms with van der Waals surface area (Å²) in [6, 6.07) is 10.0. The van der Waals surface area contributed by atoms with E-state index in [1.165, 1.54) is 28.9 Å². The topological polar surface area (TPSA) is 49.9 Å². The predicted molar refractivity (Wildman–Crippen MR) is 96.4 cm³/mol. The Morgan fingerprint density at radius 3 is 2.50 bits per heavy atom.